The van der Waals surface area contributed by atoms with Crippen LogP contribution in [0.15, 0.2) is 28.7 Å². The fourth-order valence-corrected chi connectivity index (χ4v) is 2.68. The van der Waals surface area contributed by atoms with Crippen molar-refractivity contribution in [3.8, 4) is 11.5 Å². The number of carboxylic acid groups (broad SMARTS) is 1. The van der Waals surface area contributed by atoms with Crippen LogP contribution in [0.1, 0.15) is 19.8 Å². The number of halogens is 3. The summed E-state index contributed by atoms with van der Waals surface area (Å²) in [5.41, 5.74) is 1.56. The summed E-state index contributed by atoms with van der Waals surface area (Å²) in [5, 5.41) is 21.2. The lowest BCUT2D eigenvalue weighted by Crippen LogP contribution is -2.37. The number of nitrogens with zero attached hydrogens (tertiary/aromatic N) is 3. The van der Waals surface area contributed by atoms with E-state index in [9.17, 15) is 18.0 Å². The van der Waals surface area contributed by atoms with Crippen molar-refractivity contribution < 1.29 is 37.0 Å². The molecule has 10 nitrogen and oxygen atoms in total. The fourth-order valence-electron chi connectivity index (χ4n) is 2.68. The third-order valence-corrected chi connectivity index (χ3v) is 4.44. The molecule has 33 heavy (non-hydrogen) atoms. The van der Waals surface area contributed by atoms with Crippen molar-refractivity contribution in [1.29, 1.82) is 0 Å². The Bertz CT molecular complexity index is 883. The van der Waals surface area contributed by atoms with Gasteiger partial charge in [0.2, 0.25) is 11.8 Å². The standard InChI is InChI=1S/C18H25N5O3.C2HF3O2/c1-2-16(24)20-15-6-4-14(5-7-15)17-21-22-18(26-17)19-8-3-9-23-10-12-25-13-11-23;3-2(4,5)1(6)7/h4-7H,2-3,8-13H2,1H3,(H,19,22)(H,20,24);(H,6,7). The molecule has 3 N–H and O–H groups in total. The van der Waals surface area contributed by atoms with E-state index in [0.717, 1.165) is 57.1 Å². The molecule has 1 amide bonds. The van der Waals surface area contributed by atoms with Gasteiger partial charge in [0, 0.05) is 37.3 Å². The molecule has 182 valence electrons. The van der Waals surface area contributed by atoms with Gasteiger partial charge in [0.05, 0.1) is 13.2 Å². The van der Waals surface area contributed by atoms with Gasteiger partial charge < -0.3 is 24.9 Å². The average molecular weight is 473 g/mol. The molecule has 3 rings (SSSR count). The summed E-state index contributed by atoms with van der Waals surface area (Å²) in [6, 6.07) is 7.76. The molecule has 1 aliphatic heterocycles. The maximum absolute atomic E-state index is 11.4. The largest absolute Gasteiger partial charge is 0.490 e. The molecule has 0 aliphatic carbocycles. The molecule has 0 bridgehead atoms. The van der Waals surface area contributed by atoms with Crippen molar-refractivity contribution in [1.82, 2.24) is 15.1 Å². The Labute approximate surface area is 188 Å². The van der Waals surface area contributed by atoms with E-state index in [4.69, 9.17) is 19.1 Å². The summed E-state index contributed by atoms with van der Waals surface area (Å²) in [4.78, 5) is 22.7. The number of benzene rings is 1. The van der Waals surface area contributed by atoms with Crippen LogP contribution in [0.25, 0.3) is 11.5 Å². The first-order valence-corrected chi connectivity index (χ1v) is 10.3. The number of ether oxygens (including phenoxy) is 1. The molecule has 0 unspecified atom stereocenters. The van der Waals surface area contributed by atoms with Gasteiger partial charge in [0.1, 0.15) is 0 Å². The highest BCUT2D eigenvalue weighted by Crippen LogP contribution is 2.22. The Morgan fingerprint density at radius 2 is 1.79 bits per heavy atom. The van der Waals surface area contributed by atoms with Crippen molar-refractivity contribution >= 4 is 23.6 Å². The minimum atomic E-state index is -5.08. The minimum Gasteiger partial charge on any atom is -0.475 e. The number of anilines is 2. The third-order valence-electron chi connectivity index (χ3n) is 4.44. The van der Waals surface area contributed by atoms with E-state index in [0.29, 0.717) is 18.3 Å². The van der Waals surface area contributed by atoms with Gasteiger partial charge in [0.15, 0.2) is 0 Å². The van der Waals surface area contributed by atoms with Crippen LogP contribution in [-0.4, -0.2) is 77.6 Å². The SMILES string of the molecule is CCC(=O)Nc1ccc(-c2nnc(NCCCN3CCOCC3)o2)cc1.O=C(O)C(F)(F)F. The Morgan fingerprint density at radius 1 is 1.15 bits per heavy atom. The highest BCUT2D eigenvalue weighted by Gasteiger charge is 2.38. The molecule has 2 aromatic rings. The molecule has 1 saturated heterocycles. The van der Waals surface area contributed by atoms with Crippen LogP contribution in [-0.2, 0) is 14.3 Å². The smallest absolute Gasteiger partial charge is 0.475 e. The fraction of sp³-hybridized carbons (Fsp3) is 0.500. The molecular weight excluding hydrogens is 447 g/mol. The monoisotopic (exact) mass is 473 g/mol. The van der Waals surface area contributed by atoms with Crippen LogP contribution in [0.5, 0.6) is 0 Å². The number of aromatic nitrogens is 2. The topological polar surface area (TPSA) is 130 Å². The van der Waals surface area contributed by atoms with Gasteiger partial charge in [-0.3, -0.25) is 9.69 Å². The van der Waals surface area contributed by atoms with Gasteiger partial charge in [-0.15, -0.1) is 5.10 Å². The number of carbonyl (C=O) groups excluding carboxylic acids is 1. The maximum Gasteiger partial charge on any atom is 0.490 e. The van der Waals surface area contributed by atoms with E-state index in [1.54, 1.807) is 0 Å². The predicted octanol–water partition coefficient (Wildman–Crippen LogP) is 2.85. The molecule has 1 fully saturated rings. The van der Waals surface area contributed by atoms with Crippen LogP contribution < -0.4 is 10.6 Å². The highest BCUT2D eigenvalue weighted by molar-refractivity contribution is 5.90. The van der Waals surface area contributed by atoms with Crippen LogP contribution >= 0.6 is 0 Å². The first-order valence-electron chi connectivity index (χ1n) is 10.3. The first-order chi connectivity index (χ1) is 15.7. The molecule has 0 radical (unpaired) electrons. The average Bonchev–Trinajstić information content (AvgIpc) is 3.26. The van der Waals surface area contributed by atoms with E-state index in [-0.39, 0.29) is 5.91 Å². The number of alkyl halides is 3. The van der Waals surface area contributed by atoms with Crippen molar-refractivity contribution in [2.75, 3.05) is 50.0 Å². The summed E-state index contributed by atoms with van der Waals surface area (Å²) in [5.74, 6) is -2.32. The van der Waals surface area contributed by atoms with Crippen molar-refractivity contribution in [2.24, 2.45) is 0 Å². The Morgan fingerprint density at radius 3 is 2.36 bits per heavy atom. The molecule has 13 heteroatoms. The van der Waals surface area contributed by atoms with Gasteiger partial charge in [-0.1, -0.05) is 12.0 Å². The zero-order chi connectivity index (χ0) is 24.3. The minimum absolute atomic E-state index is 0.0147. The second kappa shape index (κ2) is 12.7. The summed E-state index contributed by atoms with van der Waals surface area (Å²) in [6.45, 7) is 7.27. The molecule has 0 saturated carbocycles. The number of rotatable bonds is 8. The first kappa shape index (κ1) is 26.1. The third kappa shape index (κ3) is 9.45. The lowest BCUT2D eigenvalue weighted by atomic mass is 10.2. The lowest BCUT2D eigenvalue weighted by Gasteiger charge is -2.26. The number of aliphatic carboxylic acids is 1. The molecule has 0 spiro atoms. The summed E-state index contributed by atoms with van der Waals surface area (Å²) >= 11 is 0. The molecule has 1 aliphatic rings. The molecular formula is C20H26F3N5O5. The lowest BCUT2D eigenvalue weighted by molar-refractivity contribution is -0.192. The molecule has 1 aromatic heterocycles. The van der Waals surface area contributed by atoms with Gasteiger partial charge >= 0.3 is 18.2 Å². The molecule has 2 heterocycles. The predicted molar refractivity (Wildman–Crippen MR) is 113 cm³/mol. The zero-order valence-corrected chi connectivity index (χ0v) is 18.0. The summed E-state index contributed by atoms with van der Waals surface area (Å²) in [6.07, 6.45) is -3.63. The van der Waals surface area contributed by atoms with E-state index in [1.807, 2.05) is 31.2 Å². The molecule has 0 atom stereocenters. The van der Waals surface area contributed by atoms with E-state index in [2.05, 4.69) is 25.7 Å². The van der Waals surface area contributed by atoms with Gasteiger partial charge in [0.25, 0.3) is 0 Å². The Balaban J connectivity index is 0.000000479. The molecule has 1 aromatic carbocycles. The number of amides is 1. The van der Waals surface area contributed by atoms with Gasteiger partial charge in [-0.2, -0.15) is 13.2 Å². The Kier molecular flexibility index (Phi) is 10.1. The number of carbonyl (C=O) groups is 2. The number of hydrogen-bond donors (Lipinski definition) is 3. The second-order valence-corrected chi connectivity index (χ2v) is 6.93. The van der Waals surface area contributed by atoms with Crippen molar-refractivity contribution in [2.45, 2.75) is 25.9 Å². The van der Waals surface area contributed by atoms with E-state index in [1.165, 1.54) is 0 Å². The quantitative estimate of drug-likeness (QED) is 0.496. The van der Waals surface area contributed by atoms with Crippen LogP contribution in [0.4, 0.5) is 24.9 Å². The second-order valence-electron chi connectivity index (χ2n) is 6.93. The summed E-state index contributed by atoms with van der Waals surface area (Å²) < 4.78 is 42.7. The number of nitrogens with one attached hydrogen (secondary N) is 2. The normalized spacial score (nSPS) is 14.2. The Hall–Kier alpha value is -3.19. The number of morpholine rings is 1. The van der Waals surface area contributed by atoms with Crippen LogP contribution in [0, 0.1) is 0 Å². The maximum atomic E-state index is 11.4. The van der Waals surface area contributed by atoms with Crippen molar-refractivity contribution in [3.05, 3.63) is 24.3 Å². The number of hydrogen-bond acceptors (Lipinski definition) is 8. The van der Waals surface area contributed by atoms with E-state index < -0.39 is 12.1 Å². The highest BCUT2D eigenvalue weighted by atomic mass is 19.4. The van der Waals surface area contributed by atoms with Crippen molar-refractivity contribution in [3.63, 3.8) is 0 Å². The van der Waals surface area contributed by atoms with Gasteiger partial charge in [-0.05, 0) is 37.2 Å². The summed E-state index contributed by atoms with van der Waals surface area (Å²) in [7, 11) is 0. The van der Waals surface area contributed by atoms with Crippen LogP contribution in [0.2, 0.25) is 0 Å². The van der Waals surface area contributed by atoms with Crippen LogP contribution in [0.3, 0.4) is 0 Å². The van der Waals surface area contributed by atoms with E-state index >= 15 is 0 Å². The van der Waals surface area contributed by atoms with Gasteiger partial charge in [-0.25, -0.2) is 4.79 Å². The zero-order valence-electron chi connectivity index (χ0n) is 18.0. The number of carboxylic acids is 1.